The Balaban J connectivity index is 1.55. The van der Waals surface area contributed by atoms with Gasteiger partial charge < -0.3 is 14.8 Å². The minimum Gasteiger partial charge on any atom is -0.353 e. The molecular formula is C28H34BrF3N4O3S. The van der Waals surface area contributed by atoms with Crippen molar-refractivity contribution in [2.75, 3.05) is 12.8 Å². The standard InChI is InChI=1S/C28H34BrF3N4O3S/c1-17(2)35(3)20-10-13-23(18(14-20)16-40(38,39)21-11-8-19(29)9-12-21)33-26(37)15-25-34-27-22(28(30,31)32)6-5-7-24(27)36(25)4/h5-9,11-12,17-18,20,23H,10,13-16H2,1-4H3,(H,33,37). The van der Waals surface area contributed by atoms with Crippen molar-refractivity contribution in [3.8, 4) is 0 Å². The van der Waals surface area contributed by atoms with Crippen LogP contribution in [-0.4, -0.2) is 59.7 Å². The van der Waals surface area contributed by atoms with Crippen LogP contribution in [0.1, 0.15) is 44.5 Å². The molecule has 0 bridgehead atoms. The lowest BCUT2D eigenvalue weighted by Gasteiger charge is -2.41. The summed E-state index contributed by atoms with van der Waals surface area (Å²) < 4.78 is 69.5. The van der Waals surface area contributed by atoms with Crippen LogP contribution in [-0.2, 0) is 34.3 Å². The number of aromatic nitrogens is 2. The van der Waals surface area contributed by atoms with Gasteiger partial charge in [0.2, 0.25) is 5.91 Å². The van der Waals surface area contributed by atoms with Crippen LogP contribution in [0.4, 0.5) is 13.2 Å². The average molecular weight is 644 g/mol. The van der Waals surface area contributed by atoms with Crippen molar-refractivity contribution in [1.82, 2.24) is 19.8 Å². The molecule has 40 heavy (non-hydrogen) atoms. The Bertz CT molecular complexity index is 1470. The lowest BCUT2D eigenvalue weighted by molar-refractivity contribution is -0.136. The van der Waals surface area contributed by atoms with Crippen molar-refractivity contribution in [3.63, 3.8) is 0 Å². The first kappa shape index (κ1) is 30.5. The number of amides is 1. The van der Waals surface area contributed by atoms with E-state index < -0.39 is 33.5 Å². The molecule has 1 heterocycles. The molecule has 1 fully saturated rings. The van der Waals surface area contributed by atoms with E-state index >= 15 is 0 Å². The molecule has 1 aliphatic rings. The Morgan fingerprint density at radius 2 is 1.85 bits per heavy atom. The van der Waals surface area contributed by atoms with Crippen molar-refractivity contribution < 1.29 is 26.4 Å². The smallest absolute Gasteiger partial charge is 0.353 e. The van der Waals surface area contributed by atoms with E-state index in [0.717, 1.165) is 17.0 Å². The summed E-state index contributed by atoms with van der Waals surface area (Å²) in [4.78, 5) is 19.8. The molecule has 218 valence electrons. The maximum Gasteiger partial charge on any atom is 0.418 e. The number of fused-ring (bicyclic) bond motifs is 1. The first-order chi connectivity index (χ1) is 18.7. The number of imidazole rings is 1. The van der Waals surface area contributed by atoms with Gasteiger partial charge in [0.05, 0.1) is 28.1 Å². The predicted molar refractivity (Wildman–Crippen MR) is 152 cm³/mol. The van der Waals surface area contributed by atoms with Crippen LogP contribution in [0, 0.1) is 5.92 Å². The van der Waals surface area contributed by atoms with Crippen LogP contribution < -0.4 is 5.32 Å². The van der Waals surface area contributed by atoms with Gasteiger partial charge in [0.15, 0.2) is 9.84 Å². The lowest BCUT2D eigenvalue weighted by atomic mass is 9.81. The minimum atomic E-state index is -4.57. The molecule has 0 aliphatic heterocycles. The van der Waals surface area contributed by atoms with Crippen LogP contribution in [0.5, 0.6) is 0 Å². The van der Waals surface area contributed by atoms with Crippen LogP contribution in [0.3, 0.4) is 0 Å². The highest BCUT2D eigenvalue weighted by Crippen LogP contribution is 2.35. The van der Waals surface area contributed by atoms with Gasteiger partial charge in [-0.2, -0.15) is 13.2 Å². The summed E-state index contributed by atoms with van der Waals surface area (Å²) in [7, 11) is -0.0248. The van der Waals surface area contributed by atoms with Crippen LogP contribution in [0.15, 0.2) is 51.8 Å². The first-order valence-electron chi connectivity index (χ1n) is 13.2. The minimum absolute atomic E-state index is 0.122. The predicted octanol–water partition coefficient (Wildman–Crippen LogP) is 5.36. The molecule has 3 unspecified atom stereocenters. The van der Waals surface area contributed by atoms with Crippen LogP contribution >= 0.6 is 15.9 Å². The molecule has 0 spiro atoms. The van der Waals surface area contributed by atoms with Gasteiger partial charge in [-0.15, -0.1) is 0 Å². The Kier molecular flexibility index (Phi) is 9.01. The van der Waals surface area contributed by atoms with Crippen molar-refractivity contribution in [3.05, 3.63) is 58.3 Å². The van der Waals surface area contributed by atoms with Gasteiger partial charge in [-0.05, 0) is 82.5 Å². The van der Waals surface area contributed by atoms with Gasteiger partial charge in [-0.1, -0.05) is 22.0 Å². The average Bonchev–Trinajstić information content (AvgIpc) is 3.18. The van der Waals surface area contributed by atoms with Crippen LogP contribution in [0.25, 0.3) is 11.0 Å². The zero-order valence-electron chi connectivity index (χ0n) is 22.9. The van der Waals surface area contributed by atoms with E-state index in [4.69, 9.17) is 0 Å². The third-order valence-electron chi connectivity index (χ3n) is 7.93. The second-order valence-corrected chi connectivity index (χ2v) is 13.8. The molecule has 3 aromatic rings. The van der Waals surface area contributed by atoms with E-state index in [0.29, 0.717) is 12.8 Å². The fourth-order valence-electron chi connectivity index (χ4n) is 5.48. The fourth-order valence-corrected chi connectivity index (χ4v) is 7.42. The Labute approximate surface area is 241 Å². The summed E-state index contributed by atoms with van der Waals surface area (Å²) in [6, 6.07) is 10.4. The van der Waals surface area contributed by atoms with Crippen molar-refractivity contribution in [1.29, 1.82) is 0 Å². The largest absolute Gasteiger partial charge is 0.418 e. The van der Waals surface area contributed by atoms with Gasteiger partial charge in [0, 0.05) is 29.6 Å². The van der Waals surface area contributed by atoms with Gasteiger partial charge in [0.25, 0.3) is 0 Å². The van der Waals surface area contributed by atoms with Crippen molar-refractivity contribution in [2.45, 2.75) is 68.7 Å². The summed E-state index contributed by atoms with van der Waals surface area (Å²) >= 11 is 3.33. The number of hydrogen-bond donors (Lipinski definition) is 1. The normalized spacial score (nSPS) is 20.4. The van der Waals surface area contributed by atoms with Gasteiger partial charge in [-0.25, -0.2) is 13.4 Å². The number of nitrogens with zero attached hydrogens (tertiary/aromatic N) is 3. The summed E-state index contributed by atoms with van der Waals surface area (Å²) in [5.74, 6) is -0.659. The zero-order valence-corrected chi connectivity index (χ0v) is 25.3. The maximum atomic E-state index is 13.5. The molecule has 4 rings (SSSR count). The molecular weight excluding hydrogens is 609 g/mol. The number of alkyl halides is 3. The quantitative estimate of drug-likeness (QED) is 0.357. The number of carbonyl (C=O) groups is 1. The second kappa shape index (κ2) is 11.8. The summed E-state index contributed by atoms with van der Waals surface area (Å²) in [6.07, 6.45) is -2.82. The topological polar surface area (TPSA) is 84.3 Å². The lowest BCUT2D eigenvalue weighted by Crippen LogP contribution is -2.51. The van der Waals surface area contributed by atoms with Gasteiger partial charge >= 0.3 is 6.18 Å². The molecule has 1 saturated carbocycles. The summed E-state index contributed by atoms with van der Waals surface area (Å²) in [6.45, 7) is 4.17. The number of benzene rings is 2. The zero-order chi connectivity index (χ0) is 29.4. The molecule has 1 aromatic heterocycles. The highest BCUT2D eigenvalue weighted by molar-refractivity contribution is 9.10. The summed E-state index contributed by atoms with van der Waals surface area (Å²) in [5, 5.41) is 3.00. The van der Waals surface area contributed by atoms with Gasteiger partial charge in [-0.3, -0.25) is 4.79 Å². The SMILES string of the molecule is CC(C)N(C)C1CCC(NC(=O)Cc2nc3c(C(F)(F)F)cccc3n2C)C(CS(=O)(=O)c2ccc(Br)cc2)C1. The Hall–Kier alpha value is -2.44. The van der Waals surface area contributed by atoms with E-state index in [1.54, 1.807) is 31.3 Å². The van der Waals surface area contributed by atoms with Crippen LogP contribution in [0.2, 0.25) is 0 Å². The third-order valence-corrected chi connectivity index (χ3v) is 10.3. The fraction of sp³-hybridized carbons (Fsp3) is 0.500. The monoisotopic (exact) mass is 642 g/mol. The molecule has 1 N–H and O–H groups in total. The number of hydrogen-bond acceptors (Lipinski definition) is 5. The number of para-hydroxylation sites is 1. The Morgan fingerprint density at radius 1 is 1.18 bits per heavy atom. The number of sulfone groups is 1. The van der Waals surface area contributed by atoms with E-state index in [2.05, 4.69) is 45.0 Å². The molecule has 1 aliphatic carbocycles. The molecule has 7 nitrogen and oxygen atoms in total. The molecule has 0 saturated heterocycles. The van der Waals surface area contributed by atoms with Gasteiger partial charge in [0.1, 0.15) is 11.3 Å². The summed E-state index contributed by atoms with van der Waals surface area (Å²) in [5.41, 5.74) is -0.762. The molecule has 2 aromatic carbocycles. The molecule has 0 radical (unpaired) electrons. The van der Waals surface area contributed by atoms with E-state index in [9.17, 15) is 26.4 Å². The van der Waals surface area contributed by atoms with E-state index in [1.165, 1.54) is 16.7 Å². The Morgan fingerprint density at radius 3 is 2.48 bits per heavy atom. The number of halogens is 4. The van der Waals surface area contributed by atoms with Crippen molar-refractivity contribution in [2.24, 2.45) is 13.0 Å². The maximum absolute atomic E-state index is 13.5. The number of rotatable bonds is 8. The molecule has 1 amide bonds. The molecule has 3 atom stereocenters. The molecule has 12 heteroatoms. The van der Waals surface area contributed by atoms with Crippen molar-refractivity contribution >= 4 is 42.7 Å². The number of nitrogens with one attached hydrogen (secondary N) is 1. The van der Waals surface area contributed by atoms with E-state index in [1.807, 2.05) is 7.05 Å². The number of aryl methyl sites for hydroxylation is 1. The van der Waals surface area contributed by atoms with E-state index in [-0.39, 0.29) is 51.9 Å². The third kappa shape index (κ3) is 6.71. The second-order valence-electron chi connectivity index (χ2n) is 10.8. The number of carbonyl (C=O) groups excluding carboxylic acids is 1. The highest BCUT2D eigenvalue weighted by atomic mass is 79.9. The highest BCUT2D eigenvalue weighted by Gasteiger charge is 2.37. The first-order valence-corrected chi connectivity index (χ1v) is 15.6.